The van der Waals surface area contributed by atoms with Gasteiger partial charge >= 0.3 is 5.97 Å². The fourth-order valence-corrected chi connectivity index (χ4v) is 1.32. The molecule has 0 aromatic heterocycles. The normalized spacial score (nSPS) is 10.8. The predicted octanol–water partition coefficient (Wildman–Crippen LogP) is 1.68. The zero-order valence-corrected chi connectivity index (χ0v) is 10.7. The Balaban J connectivity index is 2.56. The molecule has 98 valence electrons. The quantitative estimate of drug-likeness (QED) is 0.853. The zero-order chi connectivity index (χ0) is 13.8. The molecule has 0 aliphatic rings. The first-order chi connectivity index (χ1) is 8.28. The fourth-order valence-electron chi connectivity index (χ4n) is 1.32. The van der Waals surface area contributed by atoms with E-state index in [9.17, 15) is 9.59 Å². The first kappa shape index (κ1) is 14.0. The molecule has 18 heavy (non-hydrogen) atoms. The van der Waals surface area contributed by atoms with E-state index in [1.807, 2.05) is 20.8 Å². The van der Waals surface area contributed by atoms with Crippen LogP contribution in [0, 0.1) is 0 Å². The highest BCUT2D eigenvalue weighted by Crippen LogP contribution is 2.13. The summed E-state index contributed by atoms with van der Waals surface area (Å²) >= 11 is 0. The molecule has 1 aromatic rings. The van der Waals surface area contributed by atoms with E-state index in [-0.39, 0.29) is 23.6 Å². The average Bonchev–Trinajstić information content (AvgIpc) is 2.24. The van der Waals surface area contributed by atoms with Crippen LogP contribution in [0.4, 0.5) is 0 Å². The summed E-state index contributed by atoms with van der Waals surface area (Å²) in [7, 11) is 0. The van der Waals surface area contributed by atoms with E-state index in [4.69, 9.17) is 9.84 Å². The van der Waals surface area contributed by atoms with E-state index < -0.39 is 5.97 Å². The van der Waals surface area contributed by atoms with Gasteiger partial charge in [0.05, 0.1) is 5.56 Å². The van der Waals surface area contributed by atoms with Crippen molar-refractivity contribution in [1.29, 1.82) is 0 Å². The van der Waals surface area contributed by atoms with Crippen molar-refractivity contribution in [3.05, 3.63) is 29.8 Å². The van der Waals surface area contributed by atoms with Crippen LogP contribution < -0.4 is 10.1 Å². The number of carboxylic acids is 1. The lowest BCUT2D eigenvalue weighted by Gasteiger charge is -2.20. The molecule has 0 saturated carbocycles. The molecular weight excluding hydrogens is 234 g/mol. The number of hydrogen-bond acceptors (Lipinski definition) is 3. The van der Waals surface area contributed by atoms with Gasteiger partial charge in [-0.1, -0.05) is 6.07 Å². The number of carboxylic acid groups (broad SMARTS) is 1. The summed E-state index contributed by atoms with van der Waals surface area (Å²) in [6, 6.07) is 6.02. The largest absolute Gasteiger partial charge is 0.484 e. The lowest BCUT2D eigenvalue weighted by molar-refractivity contribution is -0.124. The average molecular weight is 251 g/mol. The van der Waals surface area contributed by atoms with Gasteiger partial charge in [0.25, 0.3) is 5.91 Å². The van der Waals surface area contributed by atoms with Gasteiger partial charge in [-0.05, 0) is 39.0 Å². The molecule has 0 fully saturated rings. The topological polar surface area (TPSA) is 75.6 Å². The Bertz CT molecular complexity index is 449. The standard InChI is InChI=1S/C13H17NO4/c1-13(2,3)14-11(15)8-18-10-6-4-5-9(7-10)12(16)17/h4-7H,8H2,1-3H3,(H,14,15)(H,16,17). The minimum atomic E-state index is -1.03. The van der Waals surface area contributed by atoms with Crippen molar-refractivity contribution >= 4 is 11.9 Å². The van der Waals surface area contributed by atoms with Crippen LogP contribution in [-0.2, 0) is 4.79 Å². The Morgan fingerprint density at radius 1 is 1.33 bits per heavy atom. The summed E-state index contributed by atoms with van der Waals surface area (Å²) in [5, 5.41) is 11.6. The van der Waals surface area contributed by atoms with Gasteiger partial charge in [0, 0.05) is 5.54 Å². The Kier molecular flexibility index (Phi) is 4.31. The second-order valence-electron chi connectivity index (χ2n) is 4.92. The molecule has 5 nitrogen and oxygen atoms in total. The number of hydrogen-bond donors (Lipinski definition) is 2. The Morgan fingerprint density at radius 2 is 2.00 bits per heavy atom. The third-order valence-corrected chi connectivity index (χ3v) is 1.97. The third-order valence-electron chi connectivity index (χ3n) is 1.97. The van der Waals surface area contributed by atoms with E-state index in [1.165, 1.54) is 12.1 Å². The summed E-state index contributed by atoms with van der Waals surface area (Å²) in [4.78, 5) is 22.2. The van der Waals surface area contributed by atoms with Crippen molar-refractivity contribution in [1.82, 2.24) is 5.32 Å². The van der Waals surface area contributed by atoms with Gasteiger partial charge in [-0.2, -0.15) is 0 Å². The summed E-state index contributed by atoms with van der Waals surface area (Å²) in [5.41, 5.74) is -0.188. The molecule has 0 spiro atoms. The van der Waals surface area contributed by atoms with Crippen LogP contribution in [-0.4, -0.2) is 29.1 Å². The third kappa shape index (κ3) is 4.86. The number of ether oxygens (including phenoxy) is 1. The molecule has 0 bridgehead atoms. The number of nitrogens with one attached hydrogen (secondary N) is 1. The van der Waals surface area contributed by atoms with Crippen LogP contribution in [0.25, 0.3) is 0 Å². The zero-order valence-electron chi connectivity index (χ0n) is 10.7. The molecule has 2 N–H and O–H groups in total. The van der Waals surface area contributed by atoms with Crippen LogP contribution in [0.5, 0.6) is 5.75 Å². The number of amides is 1. The maximum atomic E-state index is 11.5. The summed E-state index contributed by atoms with van der Waals surface area (Å²) in [5.74, 6) is -0.915. The number of carbonyl (C=O) groups excluding carboxylic acids is 1. The van der Waals surface area contributed by atoms with E-state index in [0.29, 0.717) is 5.75 Å². The fraction of sp³-hybridized carbons (Fsp3) is 0.385. The second-order valence-corrected chi connectivity index (χ2v) is 4.92. The Morgan fingerprint density at radius 3 is 2.56 bits per heavy atom. The second kappa shape index (κ2) is 5.53. The minimum Gasteiger partial charge on any atom is -0.484 e. The Labute approximate surface area is 106 Å². The lowest BCUT2D eigenvalue weighted by atomic mass is 10.1. The molecule has 1 aromatic carbocycles. The predicted molar refractivity (Wildman–Crippen MR) is 66.8 cm³/mol. The molecular formula is C13H17NO4. The van der Waals surface area contributed by atoms with Gasteiger partial charge in [0.1, 0.15) is 5.75 Å². The van der Waals surface area contributed by atoms with Crippen LogP contribution >= 0.6 is 0 Å². The number of rotatable bonds is 4. The maximum absolute atomic E-state index is 11.5. The molecule has 1 rings (SSSR count). The van der Waals surface area contributed by atoms with Crippen LogP contribution in [0.2, 0.25) is 0 Å². The monoisotopic (exact) mass is 251 g/mol. The van der Waals surface area contributed by atoms with Crippen molar-refractivity contribution in [3.63, 3.8) is 0 Å². The maximum Gasteiger partial charge on any atom is 0.335 e. The van der Waals surface area contributed by atoms with E-state index in [0.717, 1.165) is 0 Å². The number of carbonyl (C=O) groups is 2. The van der Waals surface area contributed by atoms with Crippen molar-refractivity contribution < 1.29 is 19.4 Å². The first-order valence-electron chi connectivity index (χ1n) is 5.55. The van der Waals surface area contributed by atoms with Gasteiger partial charge in [-0.3, -0.25) is 4.79 Å². The lowest BCUT2D eigenvalue weighted by Crippen LogP contribution is -2.43. The van der Waals surface area contributed by atoms with E-state index >= 15 is 0 Å². The van der Waals surface area contributed by atoms with E-state index in [2.05, 4.69) is 5.32 Å². The van der Waals surface area contributed by atoms with Crippen LogP contribution in [0.1, 0.15) is 31.1 Å². The number of benzene rings is 1. The van der Waals surface area contributed by atoms with Gasteiger partial charge in [-0.15, -0.1) is 0 Å². The molecule has 0 saturated heterocycles. The van der Waals surface area contributed by atoms with Gasteiger partial charge in [0.15, 0.2) is 6.61 Å². The highest BCUT2D eigenvalue weighted by atomic mass is 16.5. The Hall–Kier alpha value is -2.04. The van der Waals surface area contributed by atoms with Gasteiger partial charge in [-0.25, -0.2) is 4.79 Å². The summed E-state index contributed by atoms with van der Waals surface area (Å²) in [6.07, 6.45) is 0. The number of aromatic carboxylic acids is 1. The van der Waals surface area contributed by atoms with Gasteiger partial charge < -0.3 is 15.2 Å². The minimum absolute atomic E-state index is 0.128. The smallest absolute Gasteiger partial charge is 0.335 e. The van der Waals surface area contributed by atoms with Gasteiger partial charge in [0.2, 0.25) is 0 Å². The molecule has 5 heteroatoms. The van der Waals surface area contributed by atoms with Crippen LogP contribution in [0.15, 0.2) is 24.3 Å². The molecule has 0 heterocycles. The SMILES string of the molecule is CC(C)(C)NC(=O)COc1cccc(C(=O)O)c1. The van der Waals surface area contributed by atoms with E-state index in [1.54, 1.807) is 12.1 Å². The summed E-state index contributed by atoms with van der Waals surface area (Å²) < 4.78 is 5.23. The summed E-state index contributed by atoms with van der Waals surface area (Å²) in [6.45, 7) is 5.47. The highest BCUT2D eigenvalue weighted by Gasteiger charge is 2.14. The van der Waals surface area contributed by atoms with Crippen molar-refractivity contribution in [3.8, 4) is 5.75 Å². The molecule has 0 aliphatic carbocycles. The first-order valence-corrected chi connectivity index (χ1v) is 5.55. The highest BCUT2D eigenvalue weighted by molar-refractivity contribution is 5.88. The van der Waals surface area contributed by atoms with Crippen molar-refractivity contribution in [2.24, 2.45) is 0 Å². The molecule has 0 atom stereocenters. The molecule has 0 radical (unpaired) electrons. The van der Waals surface area contributed by atoms with Crippen LogP contribution in [0.3, 0.4) is 0 Å². The molecule has 0 aliphatic heterocycles. The van der Waals surface area contributed by atoms with Crippen molar-refractivity contribution in [2.75, 3.05) is 6.61 Å². The molecule has 0 unspecified atom stereocenters. The molecule has 1 amide bonds. The van der Waals surface area contributed by atoms with Crippen molar-refractivity contribution in [2.45, 2.75) is 26.3 Å².